The topological polar surface area (TPSA) is 17.8 Å². The standard InChI is InChI=1S/C18H28N2/c1-8-13-12-20(18(6,7)9-2)16-15(13)14(10-11-19-16)17(3,4)5/h10-12H,8-9H2,1-7H3. The van der Waals surface area contributed by atoms with E-state index >= 15 is 0 Å². The SMILES string of the molecule is CCc1cn(C(C)(C)CC)c2nccc(C(C)(C)C)c12. The van der Waals surface area contributed by atoms with Crippen molar-refractivity contribution in [2.24, 2.45) is 0 Å². The van der Waals surface area contributed by atoms with Crippen molar-refractivity contribution in [1.29, 1.82) is 0 Å². The van der Waals surface area contributed by atoms with Crippen LogP contribution < -0.4 is 0 Å². The van der Waals surface area contributed by atoms with Gasteiger partial charge >= 0.3 is 0 Å². The molecule has 0 bridgehead atoms. The zero-order chi connectivity index (χ0) is 15.1. The third-order valence-corrected chi connectivity index (χ3v) is 4.47. The summed E-state index contributed by atoms with van der Waals surface area (Å²) in [5.74, 6) is 0. The largest absolute Gasteiger partial charge is 0.327 e. The lowest BCUT2D eigenvalue weighted by atomic mass is 9.84. The number of rotatable bonds is 3. The van der Waals surface area contributed by atoms with Crippen LogP contribution in [0.25, 0.3) is 11.0 Å². The van der Waals surface area contributed by atoms with E-state index in [-0.39, 0.29) is 11.0 Å². The Bertz CT molecular complexity index is 612. The predicted octanol–water partition coefficient (Wildman–Crippen LogP) is 5.04. The lowest BCUT2D eigenvalue weighted by Gasteiger charge is -2.26. The Morgan fingerprint density at radius 1 is 1.10 bits per heavy atom. The Balaban J connectivity index is 2.84. The van der Waals surface area contributed by atoms with E-state index in [0.717, 1.165) is 18.5 Å². The van der Waals surface area contributed by atoms with Crippen LogP contribution in [0.4, 0.5) is 0 Å². The van der Waals surface area contributed by atoms with Crippen LogP contribution in [-0.2, 0) is 17.4 Å². The van der Waals surface area contributed by atoms with Crippen molar-refractivity contribution >= 4 is 11.0 Å². The van der Waals surface area contributed by atoms with Gasteiger partial charge in [0.05, 0.1) is 0 Å². The summed E-state index contributed by atoms with van der Waals surface area (Å²) >= 11 is 0. The van der Waals surface area contributed by atoms with Crippen LogP contribution in [-0.4, -0.2) is 9.55 Å². The van der Waals surface area contributed by atoms with Gasteiger partial charge in [-0.05, 0) is 49.3 Å². The van der Waals surface area contributed by atoms with Gasteiger partial charge < -0.3 is 4.57 Å². The van der Waals surface area contributed by atoms with E-state index < -0.39 is 0 Å². The van der Waals surface area contributed by atoms with Gasteiger partial charge in [0.2, 0.25) is 0 Å². The highest BCUT2D eigenvalue weighted by molar-refractivity contribution is 5.85. The second kappa shape index (κ2) is 4.91. The van der Waals surface area contributed by atoms with Gasteiger partial charge in [-0.3, -0.25) is 0 Å². The summed E-state index contributed by atoms with van der Waals surface area (Å²) in [7, 11) is 0. The molecule has 20 heavy (non-hydrogen) atoms. The van der Waals surface area contributed by atoms with Gasteiger partial charge in [0.25, 0.3) is 0 Å². The smallest absolute Gasteiger partial charge is 0.140 e. The lowest BCUT2D eigenvalue weighted by Crippen LogP contribution is -2.24. The van der Waals surface area contributed by atoms with Crippen LogP contribution in [0.1, 0.15) is 66.0 Å². The summed E-state index contributed by atoms with van der Waals surface area (Å²) in [6.45, 7) is 15.9. The Morgan fingerprint density at radius 3 is 2.25 bits per heavy atom. The molecule has 2 heterocycles. The quantitative estimate of drug-likeness (QED) is 0.765. The highest BCUT2D eigenvalue weighted by Gasteiger charge is 2.26. The average molecular weight is 272 g/mol. The number of hydrogen-bond acceptors (Lipinski definition) is 1. The first-order valence-corrected chi connectivity index (χ1v) is 7.72. The van der Waals surface area contributed by atoms with Gasteiger partial charge in [0, 0.05) is 23.3 Å². The molecular weight excluding hydrogens is 244 g/mol. The summed E-state index contributed by atoms with van der Waals surface area (Å²) in [5.41, 5.74) is 4.22. The Labute approximate surface area is 123 Å². The number of hydrogen-bond donors (Lipinski definition) is 0. The van der Waals surface area contributed by atoms with Gasteiger partial charge in [0.1, 0.15) is 5.65 Å². The molecule has 0 saturated heterocycles. The fourth-order valence-electron chi connectivity index (χ4n) is 2.76. The number of aryl methyl sites for hydroxylation is 1. The van der Waals surface area contributed by atoms with Gasteiger partial charge in [-0.1, -0.05) is 34.6 Å². The van der Waals surface area contributed by atoms with E-state index in [9.17, 15) is 0 Å². The Kier molecular flexibility index (Phi) is 3.70. The van der Waals surface area contributed by atoms with Crippen molar-refractivity contribution in [1.82, 2.24) is 9.55 Å². The minimum atomic E-state index is 0.106. The van der Waals surface area contributed by atoms with Crippen LogP contribution in [0.3, 0.4) is 0 Å². The molecule has 0 aliphatic heterocycles. The summed E-state index contributed by atoms with van der Waals surface area (Å²) in [5, 5.41) is 1.36. The van der Waals surface area contributed by atoms with E-state index in [1.165, 1.54) is 16.5 Å². The maximum Gasteiger partial charge on any atom is 0.140 e. The third kappa shape index (κ3) is 2.36. The van der Waals surface area contributed by atoms with E-state index in [4.69, 9.17) is 4.98 Å². The highest BCUT2D eigenvalue weighted by Crippen LogP contribution is 2.35. The molecular formula is C18H28N2. The van der Waals surface area contributed by atoms with Crippen molar-refractivity contribution in [3.8, 4) is 0 Å². The van der Waals surface area contributed by atoms with Crippen molar-refractivity contribution in [2.75, 3.05) is 0 Å². The minimum absolute atomic E-state index is 0.106. The number of fused-ring (bicyclic) bond motifs is 1. The first kappa shape index (κ1) is 15.1. The van der Waals surface area contributed by atoms with Crippen molar-refractivity contribution < 1.29 is 0 Å². The van der Waals surface area contributed by atoms with E-state index in [2.05, 4.69) is 65.3 Å². The molecule has 0 aromatic carbocycles. The monoisotopic (exact) mass is 272 g/mol. The number of nitrogens with zero attached hydrogens (tertiary/aromatic N) is 2. The summed E-state index contributed by atoms with van der Waals surface area (Å²) < 4.78 is 2.37. The van der Waals surface area contributed by atoms with Gasteiger partial charge in [-0.2, -0.15) is 0 Å². The maximum absolute atomic E-state index is 4.70. The molecule has 0 saturated carbocycles. The molecule has 2 heteroatoms. The third-order valence-electron chi connectivity index (χ3n) is 4.47. The van der Waals surface area contributed by atoms with Crippen molar-refractivity contribution in [2.45, 2.75) is 72.3 Å². The summed E-state index contributed by atoms with van der Waals surface area (Å²) in [6.07, 6.45) is 6.43. The molecule has 0 unspecified atom stereocenters. The molecule has 2 aromatic rings. The number of pyridine rings is 1. The fourth-order valence-corrected chi connectivity index (χ4v) is 2.76. The summed E-state index contributed by atoms with van der Waals surface area (Å²) in [6, 6.07) is 2.19. The van der Waals surface area contributed by atoms with Gasteiger partial charge in [-0.15, -0.1) is 0 Å². The Morgan fingerprint density at radius 2 is 1.75 bits per heavy atom. The molecule has 0 radical (unpaired) electrons. The van der Waals surface area contributed by atoms with Crippen molar-refractivity contribution in [3.05, 3.63) is 29.6 Å². The van der Waals surface area contributed by atoms with E-state index in [1.807, 2.05) is 6.20 Å². The van der Waals surface area contributed by atoms with Gasteiger partial charge in [-0.25, -0.2) is 4.98 Å². The fraction of sp³-hybridized carbons (Fsp3) is 0.611. The predicted molar refractivity (Wildman–Crippen MR) is 87.4 cm³/mol. The molecule has 2 nitrogen and oxygen atoms in total. The van der Waals surface area contributed by atoms with Crippen LogP contribution in [0.15, 0.2) is 18.5 Å². The zero-order valence-electron chi connectivity index (χ0n) is 14.0. The molecule has 0 N–H and O–H groups in total. The van der Waals surface area contributed by atoms with Crippen LogP contribution >= 0.6 is 0 Å². The van der Waals surface area contributed by atoms with Crippen molar-refractivity contribution in [3.63, 3.8) is 0 Å². The molecule has 2 rings (SSSR count). The highest BCUT2D eigenvalue weighted by atomic mass is 15.1. The number of aromatic nitrogens is 2. The van der Waals surface area contributed by atoms with Crippen LogP contribution in [0.2, 0.25) is 0 Å². The molecule has 0 amide bonds. The Hall–Kier alpha value is -1.31. The van der Waals surface area contributed by atoms with E-state index in [0.29, 0.717) is 0 Å². The minimum Gasteiger partial charge on any atom is -0.327 e. The zero-order valence-corrected chi connectivity index (χ0v) is 14.0. The molecule has 0 aliphatic carbocycles. The van der Waals surface area contributed by atoms with Crippen LogP contribution in [0, 0.1) is 0 Å². The lowest BCUT2D eigenvalue weighted by molar-refractivity contribution is 0.351. The molecule has 0 spiro atoms. The normalized spacial score (nSPS) is 13.2. The molecule has 0 atom stereocenters. The summed E-state index contributed by atoms with van der Waals surface area (Å²) in [4.78, 5) is 4.70. The first-order chi connectivity index (χ1) is 9.22. The second-order valence-electron chi connectivity index (χ2n) is 7.35. The van der Waals surface area contributed by atoms with E-state index in [1.54, 1.807) is 0 Å². The van der Waals surface area contributed by atoms with Crippen LogP contribution in [0.5, 0.6) is 0 Å². The molecule has 0 aliphatic rings. The first-order valence-electron chi connectivity index (χ1n) is 7.72. The second-order valence-corrected chi connectivity index (χ2v) is 7.35. The average Bonchev–Trinajstić information content (AvgIpc) is 2.76. The van der Waals surface area contributed by atoms with Gasteiger partial charge in [0.15, 0.2) is 0 Å². The molecule has 2 aromatic heterocycles. The maximum atomic E-state index is 4.70. The molecule has 110 valence electrons. The molecule has 0 fully saturated rings.